The van der Waals surface area contributed by atoms with Crippen LogP contribution in [0.25, 0.3) is 11.0 Å². The summed E-state index contributed by atoms with van der Waals surface area (Å²) < 4.78 is 0. The van der Waals surface area contributed by atoms with Crippen LogP contribution in [0, 0.1) is 0 Å². The number of piperidine rings is 1. The third-order valence-electron chi connectivity index (χ3n) is 4.32. The lowest BCUT2D eigenvalue weighted by atomic mass is 9.97. The summed E-state index contributed by atoms with van der Waals surface area (Å²) in [5.74, 6) is 1.52. The second-order valence-electron chi connectivity index (χ2n) is 5.72. The van der Waals surface area contributed by atoms with Gasteiger partial charge >= 0.3 is 0 Å². The van der Waals surface area contributed by atoms with Crippen molar-refractivity contribution < 1.29 is 0 Å². The summed E-state index contributed by atoms with van der Waals surface area (Å²) in [6.07, 6.45) is 6.52. The SMILES string of the molecule is CCc1nnc(C2CCN(c3ncnc4ncccc34)CC2)s1. The van der Waals surface area contributed by atoms with Crippen molar-refractivity contribution in [1.29, 1.82) is 0 Å². The van der Waals surface area contributed by atoms with Gasteiger partial charge in [-0.15, -0.1) is 21.5 Å². The molecule has 3 aromatic heterocycles. The zero-order valence-electron chi connectivity index (χ0n) is 13.0. The number of anilines is 1. The standard InChI is InChI=1S/C16H18N6S/c1-2-13-20-21-16(23-13)11-5-8-22(9-6-11)15-12-4-3-7-17-14(12)18-10-19-15/h3-4,7,10-11H,2,5-6,8-9H2,1H3. The Bertz CT molecular complexity index is 804. The molecule has 1 aliphatic heterocycles. The molecule has 0 radical (unpaired) electrons. The Kier molecular flexibility index (Phi) is 3.87. The van der Waals surface area contributed by atoms with Gasteiger partial charge in [-0.2, -0.15) is 0 Å². The number of pyridine rings is 1. The Morgan fingerprint density at radius 1 is 1.17 bits per heavy atom. The van der Waals surface area contributed by atoms with Gasteiger partial charge in [0.1, 0.15) is 22.2 Å². The highest BCUT2D eigenvalue weighted by Gasteiger charge is 2.25. The van der Waals surface area contributed by atoms with E-state index in [9.17, 15) is 0 Å². The van der Waals surface area contributed by atoms with E-state index in [0.29, 0.717) is 5.92 Å². The fourth-order valence-electron chi connectivity index (χ4n) is 3.05. The fourth-order valence-corrected chi connectivity index (χ4v) is 4.00. The number of aryl methyl sites for hydroxylation is 1. The van der Waals surface area contributed by atoms with Crippen molar-refractivity contribution >= 4 is 28.2 Å². The van der Waals surface area contributed by atoms with Crippen LogP contribution in [0.3, 0.4) is 0 Å². The molecule has 0 N–H and O–H groups in total. The second kappa shape index (κ2) is 6.16. The minimum atomic E-state index is 0.523. The van der Waals surface area contributed by atoms with Crippen molar-refractivity contribution in [1.82, 2.24) is 25.1 Å². The predicted octanol–water partition coefficient (Wildman–Crippen LogP) is 2.82. The lowest BCUT2D eigenvalue weighted by molar-refractivity contribution is 0.499. The molecule has 0 bridgehead atoms. The van der Waals surface area contributed by atoms with Crippen LogP contribution in [0.5, 0.6) is 0 Å². The van der Waals surface area contributed by atoms with Gasteiger partial charge in [-0.25, -0.2) is 15.0 Å². The van der Waals surface area contributed by atoms with Gasteiger partial charge in [0.05, 0.1) is 5.39 Å². The van der Waals surface area contributed by atoms with Gasteiger partial charge in [0.15, 0.2) is 5.65 Å². The molecule has 1 saturated heterocycles. The van der Waals surface area contributed by atoms with E-state index in [1.165, 1.54) is 5.01 Å². The molecule has 23 heavy (non-hydrogen) atoms. The van der Waals surface area contributed by atoms with Crippen LogP contribution in [0.2, 0.25) is 0 Å². The summed E-state index contributed by atoms with van der Waals surface area (Å²) in [7, 11) is 0. The van der Waals surface area contributed by atoms with Gasteiger partial charge in [0.25, 0.3) is 0 Å². The van der Waals surface area contributed by atoms with E-state index >= 15 is 0 Å². The minimum absolute atomic E-state index is 0.523. The Hall–Kier alpha value is -2.15. The van der Waals surface area contributed by atoms with Crippen LogP contribution in [-0.4, -0.2) is 38.2 Å². The topological polar surface area (TPSA) is 67.7 Å². The van der Waals surface area contributed by atoms with Crippen molar-refractivity contribution in [2.75, 3.05) is 18.0 Å². The van der Waals surface area contributed by atoms with E-state index in [1.807, 2.05) is 12.1 Å². The maximum Gasteiger partial charge on any atom is 0.164 e. The molecule has 4 rings (SSSR count). The molecule has 118 valence electrons. The second-order valence-corrected chi connectivity index (χ2v) is 6.81. The number of rotatable bonds is 3. The molecule has 6 nitrogen and oxygen atoms in total. The summed E-state index contributed by atoms with van der Waals surface area (Å²) in [4.78, 5) is 15.4. The maximum absolute atomic E-state index is 4.50. The van der Waals surface area contributed by atoms with Crippen molar-refractivity contribution in [2.45, 2.75) is 32.1 Å². The highest BCUT2D eigenvalue weighted by Crippen LogP contribution is 2.33. The molecule has 7 heteroatoms. The average molecular weight is 326 g/mol. The smallest absolute Gasteiger partial charge is 0.164 e. The van der Waals surface area contributed by atoms with E-state index in [1.54, 1.807) is 23.9 Å². The molecule has 0 unspecified atom stereocenters. The van der Waals surface area contributed by atoms with Crippen LogP contribution in [-0.2, 0) is 6.42 Å². The summed E-state index contributed by atoms with van der Waals surface area (Å²) in [6.45, 7) is 4.08. The molecule has 0 aromatic carbocycles. The molecule has 0 amide bonds. The zero-order valence-corrected chi connectivity index (χ0v) is 13.8. The van der Waals surface area contributed by atoms with Crippen LogP contribution < -0.4 is 4.90 Å². The van der Waals surface area contributed by atoms with Gasteiger partial charge in [0.2, 0.25) is 0 Å². The molecular weight excluding hydrogens is 308 g/mol. The molecule has 0 saturated carbocycles. The first-order chi connectivity index (χ1) is 11.3. The van der Waals surface area contributed by atoms with Gasteiger partial charge in [0, 0.05) is 25.2 Å². The van der Waals surface area contributed by atoms with E-state index in [2.05, 4.69) is 37.0 Å². The van der Waals surface area contributed by atoms with Crippen LogP contribution in [0.15, 0.2) is 24.7 Å². The molecule has 0 atom stereocenters. The number of nitrogens with zero attached hydrogens (tertiary/aromatic N) is 6. The third kappa shape index (κ3) is 2.76. The van der Waals surface area contributed by atoms with Crippen molar-refractivity contribution in [3.8, 4) is 0 Å². The van der Waals surface area contributed by atoms with Gasteiger partial charge < -0.3 is 4.90 Å². The van der Waals surface area contributed by atoms with Crippen LogP contribution in [0.4, 0.5) is 5.82 Å². The molecule has 0 spiro atoms. The first-order valence-corrected chi connectivity index (χ1v) is 8.79. The molecule has 1 aliphatic rings. The molecule has 4 heterocycles. The maximum atomic E-state index is 4.50. The summed E-state index contributed by atoms with van der Waals surface area (Å²) >= 11 is 1.76. The monoisotopic (exact) mass is 326 g/mol. The Labute approximate surface area is 138 Å². The lowest BCUT2D eigenvalue weighted by Crippen LogP contribution is -2.33. The summed E-state index contributed by atoms with van der Waals surface area (Å²) in [6, 6.07) is 3.98. The van der Waals surface area contributed by atoms with Crippen molar-refractivity contribution in [3.05, 3.63) is 34.7 Å². The number of fused-ring (bicyclic) bond motifs is 1. The first-order valence-electron chi connectivity index (χ1n) is 7.98. The molecule has 1 fully saturated rings. The van der Waals surface area contributed by atoms with E-state index in [-0.39, 0.29) is 0 Å². The highest BCUT2D eigenvalue weighted by atomic mass is 32.1. The first kappa shape index (κ1) is 14.4. The van der Waals surface area contributed by atoms with Gasteiger partial charge in [-0.3, -0.25) is 0 Å². The summed E-state index contributed by atoms with van der Waals surface area (Å²) in [5.41, 5.74) is 0.760. The number of hydrogen-bond acceptors (Lipinski definition) is 7. The van der Waals surface area contributed by atoms with Gasteiger partial charge in [-0.05, 0) is 31.4 Å². The van der Waals surface area contributed by atoms with Crippen LogP contribution in [0.1, 0.15) is 35.7 Å². The fraction of sp³-hybridized carbons (Fsp3) is 0.438. The van der Waals surface area contributed by atoms with E-state index in [0.717, 1.165) is 54.2 Å². The largest absolute Gasteiger partial charge is 0.356 e. The Morgan fingerprint density at radius 3 is 2.83 bits per heavy atom. The molecule has 3 aromatic rings. The normalized spacial score (nSPS) is 16.1. The van der Waals surface area contributed by atoms with Crippen LogP contribution >= 0.6 is 11.3 Å². The predicted molar refractivity (Wildman–Crippen MR) is 90.8 cm³/mol. The lowest BCUT2D eigenvalue weighted by Gasteiger charge is -2.32. The van der Waals surface area contributed by atoms with E-state index in [4.69, 9.17) is 0 Å². The number of aromatic nitrogens is 5. The Morgan fingerprint density at radius 2 is 2.04 bits per heavy atom. The average Bonchev–Trinajstić information content (AvgIpc) is 3.11. The van der Waals surface area contributed by atoms with E-state index < -0.39 is 0 Å². The van der Waals surface area contributed by atoms with Crippen molar-refractivity contribution in [2.24, 2.45) is 0 Å². The highest BCUT2D eigenvalue weighted by molar-refractivity contribution is 7.11. The molecular formula is C16H18N6S. The quantitative estimate of drug-likeness (QED) is 0.737. The Balaban J connectivity index is 1.52. The minimum Gasteiger partial charge on any atom is -0.356 e. The van der Waals surface area contributed by atoms with Crippen molar-refractivity contribution in [3.63, 3.8) is 0 Å². The molecule has 0 aliphatic carbocycles. The third-order valence-corrected chi connectivity index (χ3v) is 5.55. The summed E-state index contributed by atoms with van der Waals surface area (Å²) in [5, 5.41) is 12.0. The number of hydrogen-bond donors (Lipinski definition) is 0. The zero-order chi connectivity index (χ0) is 15.6. The van der Waals surface area contributed by atoms with Gasteiger partial charge in [-0.1, -0.05) is 6.92 Å².